The molecule has 0 radical (unpaired) electrons. The van der Waals surface area contributed by atoms with Crippen LogP contribution in [0.25, 0.3) is 0 Å². The number of rotatable bonds is 2. The van der Waals surface area contributed by atoms with Gasteiger partial charge < -0.3 is 20.1 Å². The van der Waals surface area contributed by atoms with Crippen molar-refractivity contribution in [2.45, 2.75) is 25.2 Å². The highest BCUT2D eigenvalue weighted by atomic mass is 35.5. The minimum absolute atomic E-state index is 0.333. The molecule has 0 amide bonds. The molecule has 19 heavy (non-hydrogen) atoms. The first-order chi connectivity index (χ1) is 9.22. The number of piperidine rings is 1. The Morgan fingerprint density at radius 1 is 1.21 bits per heavy atom. The summed E-state index contributed by atoms with van der Waals surface area (Å²) in [6.45, 7) is 3.76. The molecule has 0 unspecified atom stereocenters. The molecular formula is C14H19ClN2O2. The normalized spacial score (nSPS) is 22.1. The molecule has 2 aliphatic rings. The highest BCUT2D eigenvalue weighted by molar-refractivity contribution is 6.33. The molecule has 0 saturated carbocycles. The van der Waals surface area contributed by atoms with E-state index in [-0.39, 0.29) is 5.79 Å². The molecule has 5 heteroatoms. The van der Waals surface area contributed by atoms with Gasteiger partial charge in [-0.1, -0.05) is 17.7 Å². The summed E-state index contributed by atoms with van der Waals surface area (Å²) in [7, 11) is 0. The summed E-state index contributed by atoms with van der Waals surface area (Å²) in [4.78, 5) is 2.29. The number of ether oxygens (including phenoxy) is 2. The lowest BCUT2D eigenvalue weighted by Gasteiger charge is -2.39. The van der Waals surface area contributed by atoms with E-state index in [0.717, 1.165) is 42.2 Å². The maximum absolute atomic E-state index is 6.33. The summed E-state index contributed by atoms with van der Waals surface area (Å²) in [6.07, 6.45) is 1.78. The molecule has 1 aromatic carbocycles. The summed E-state index contributed by atoms with van der Waals surface area (Å²) in [6, 6.07) is 6.04. The zero-order valence-electron chi connectivity index (χ0n) is 10.9. The standard InChI is InChI=1S/C14H19ClN2O2/c15-12-9-11(10-16)1-2-13(12)17-5-3-14(4-6-17)18-7-8-19-14/h1-2,9H,3-8,10,16H2. The van der Waals surface area contributed by atoms with Crippen LogP contribution in [-0.2, 0) is 16.0 Å². The van der Waals surface area contributed by atoms with Crippen molar-refractivity contribution in [2.75, 3.05) is 31.2 Å². The van der Waals surface area contributed by atoms with Gasteiger partial charge in [0.15, 0.2) is 5.79 Å². The van der Waals surface area contributed by atoms with Gasteiger partial charge in [0.2, 0.25) is 0 Å². The van der Waals surface area contributed by atoms with E-state index >= 15 is 0 Å². The lowest BCUT2D eigenvalue weighted by Crippen LogP contribution is -2.45. The topological polar surface area (TPSA) is 47.7 Å². The third-order valence-electron chi connectivity index (χ3n) is 3.93. The van der Waals surface area contributed by atoms with Gasteiger partial charge in [0.05, 0.1) is 23.9 Å². The van der Waals surface area contributed by atoms with E-state index in [4.69, 9.17) is 26.8 Å². The van der Waals surface area contributed by atoms with Gasteiger partial charge >= 0.3 is 0 Å². The molecule has 2 aliphatic heterocycles. The van der Waals surface area contributed by atoms with Crippen LogP contribution in [0.4, 0.5) is 5.69 Å². The first-order valence-electron chi connectivity index (χ1n) is 6.74. The van der Waals surface area contributed by atoms with Crippen molar-refractivity contribution in [1.82, 2.24) is 0 Å². The van der Waals surface area contributed by atoms with E-state index in [2.05, 4.69) is 11.0 Å². The van der Waals surface area contributed by atoms with Crippen LogP contribution >= 0.6 is 11.6 Å². The number of halogens is 1. The SMILES string of the molecule is NCc1ccc(N2CCC3(CC2)OCCO3)c(Cl)c1. The van der Waals surface area contributed by atoms with Crippen LogP contribution in [0.2, 0.25) is 5.02 Å². The minimum Gasteiger partial charge on any atom is -0.370 e. The van der Waals surface area contributed by atoms with Crippen molar-refractivity contribution in [3.05, 3.63) is 28.8 Å². The number of hydrogen-bond acceptors (Lipinski definition) is 4. The Morgan fingerprint density at radius 3 is 2.47 bits per heavy atom. The molecule has 1 aromatic rings. The van der Waals surface area contributed by atoms with Crippen molar-refractivity contribution in [3.63, 3.8) is 0 Å². The summed E-state index contributed by atoms with van der Waals surface area (Å²) in [5.74, 6) is -0.333. The Kier molecular flexibility index (Phi) is 3.67. The van der Waals surface area contributed by atoms with Crippen LogP contribution in [-0.4, -0.2) is 32.1 Å². The van der Waals surface area contributed by atoms with Crippen molar-refractivity contribution >= 4 is 17.3 Å². The van der Waals surface area contributed by atoms with Crippen molar-refractivity contribution in [1.29, 1.82) is 0 Å². The zero-order valence-corrected chi connectivity index (χ0v) is 11.7. The lowest BCUT2D eigenvalue weighted by molar-refractivity contribution is -0.169. The highest BCUT2D eigenvalue weighted by Crippen LogP contribution is 2.35. The van der Waals surface area contributed by atoms with Gasteiger partial charge in [-0.3, -0.25) is 0 Å². The maximum Gasteiger partial charge on any atom is 0.171 e. The van der Waals surface area contributed by atoms with Crippen molar-refractivity contribution < 1.29 is 9.47 Å². The Hall–Kier alpha value is -0.810. The molecule has 1 spiro atoms. The van der Waals surface area contributed by atoms with Crippen LogP contribution in [0.1, 0.15) is 18.4 Å². The van der Waals surface area contributed by atoms with Crippen LogP contribution < -0.4 is 10.6 Å². The molecule has 0 aromatic heterocycles. The largest absolute Gasteiger partial charge is 0.370 e. The summed E-state index contributed by atoms with van der Waals surface area (Å²) >= 11 is 6.33. The third kappa shape index (κ3) is 2.58. The van der Waals surface area contributed by atoms with E-state index in [1.54, 1.807) is 0 Å². The fraction of sp³-hybridized carbons (Fsp3) is 0.571. The van der Waals surface area contributed by atoms with E-state index in [0.29, 0.717) is 19.8 Å². The Morgan fingerprint density at radius 2 is 1.89 bits per heavy atom. The Balaban J connectivity index is 1.71. The van der Waals surface area contributed by atoms with E-state index < -0.39 is 0 Å². The van der Waals surface area contributed by atoms with Crippen LogP contribution in [0.3, 0.4) is 0 Å². The second kappa shape index (κ2) is 5.29. The summed E-state index contributed by atoms with van der Waals surface area (Å²) < 4.78 is 11.5. The molecule has 3 rings (SSSR count). The fourth-order valence-corrected chi connectivity index (χ4v) is 3.13. The van der Waals surface area contributed by atoms with Crippen LogP contribution in [0, 0.1) is 0 Å². The minimum atomic E-state index is -0.333. The predicted molar refractivity (Wildman–Crippen MR) is 75.4 cm³/mol. The van der Waals surface area contributed by atoms with Gasteiger partial charge in [0, 0.05) is 32.5 Å². The number of nitrogens with zero attached hydrogens (tertiary/aromatic N) is 1. The molecule has 0 atom stereocenters. The number of benzene rings is 1. The average Bonchev–Trinajstić information content (AvgIpc) is 2.88. The quantitative estimate of drug-likeness (QED) is 0.903. The molecule has 2 fully saturated rings. The third-order valence-corrected chi connectivity index (χ3v) is 4.23. The molecular weight excluding hydrogens is 264 g/mol. The first kappa shape index (κ1) is 13.2. The van der Waals surface area contributed by atoms with Gasteiger partial charge in [-0.25, -0.2) is 0 Å². The van der Waals surface area contributed by atoms with Gasteiger partial charge in [-0.2, -0.15) is 0 Å². The molecule has 2 N–H and O–H groups in total. The average molecular weight is 283 g/mol. The fourth-order valence-electron chi connectivity index (χ4n) is 2.81. The van der Waals surface area contributed by atoms with Gasteiger partial charge in [-0.15, -0.1) is 0 Å². The van der Waals surface area contributed by atoms with Gasteiger partial charge in [0.25, 0.3) is 0 Å². The zero-order chi connectivity index (χ0) is 13.3. The molecule has 0 bridgehead atoms. The molecule has 104 valence electrons. The van der Waals surface area contributed by atoms with Crippen LogP contribution in [0.15, 0.2) is 18.2 Å². The van der Waals surface area contributed by atoms with Crippen molar-refractivity contribution in [2.24, 2.45) is 5.73 Å². The van der Waals surface area contributed by atoms with Crippen LogP contribution in [0.5, 0.6) is 0 Å². The maximum atomic E-state index is 6.33. The van der Waals surface area contributed by atoms with E-state index in [1.807, 2.05) is 12.1 Å². The van der Waals surface area contributed by atoms with Gasteiger partial charge in [0.1, 0.15) is 0 Å². The second-order valence-corrected chi connectivity index (χ2v) is 5.49. The summed E-state index contributed by atoms with van der Waals surface area (Å²) in [5, 5.41) is 0.771. The first-order valence-corrected chi connectivity index (χ1v) is 7.12. The van der Waals surface area contributed by atoms with Crippen molar-refractivity contribution in [3.8, 4) is 0 Å². The molecule has 2 saturated heterocycles. The molecule has 4 nitrogen and oxygen atoms in total. The molecule has 0 aliphatic carbocycles. The Labute approximate surface area is 118 Å². The summed E-state index contributed by atoms with van der Waals surface area (Å²) in [5.41, 5.74) is 7.76. The van der Waals surface area contributed by atoms with E-state index in [1.165, 1.54) is 0 Å². The second-order valence-electron chi connectivity index (χ2n) is 5.08. The van der Waals surface area contributed by atoms with Gasteiger partial charge in [-0.05, 0) is 17.7 Å². The van der Waals surface area contributed by atoms with E-state index in [9.17, 15) is 0 Å². The Bertz CT molecular complexity index is 451. The monoisotopic (exact) mass is 282 g/mol. The predicted octanol–water partition coefficient (Wildman–Crippen LogP) is 2.14. The number of nitrogens with two attached hydrogens (primary N) is 1. The smallest absolute Gasteiger partial charge is 0.171 e. The lowest BCUT2D eigenvalue weighted by atomic mass is 10.0. The number of hydrogen-bond donors (Lipinski definition) is 1. The molecule has 2 heterocycles. The highest BCUT2D eigenvalue weighted by Gasteiger charge is 2.40. The number of anilines is 1.